The normalized spacial score (nSPS) is 18.9. The Labute approximate surface area is 353 Å². The number of β-amino-alcohol motifs (C(OH)–C–C–N with tert-alkyl or cyclic N) is 2. The summed E-state index contributed by atoms with van der Waals surface area (Å²) in [5, 5.41) is 31.1. The second-order valence-corrected chi connectivity index (χ2v) is 18.0. The van der Waals surface area contributed by atoms with Gasteiger partial charge in [0.25, 0.3) is 0 Å². The number of likely N-dealkylation sites (tertiary alicyclic amines) is 2. The molecule has 0 aliphatic carbocycles. The number of hydrogen-bond acceptors (Lipinski definition) is 13. The Morgan fingerprint density at radius 1 is 0.729 bits per heavy atom. The summed E-state index contributed by atoms with van der Waals surface area (Å²) in [5.41, 5.74) is 14.4. The highest BCUT2D eigenvalue weighted by molar-refractivity contribution is 7.13. The number of ether oxygens (including phenoxy) is 2. The fourth-order valence-electron chi connectivity index (χ4n) is 6.19. The molecule has 0 saturated carbocycles. The number of rotatable bonds is 7. The lowest BCUT2D eigenvalue weighted by molar-refractivity contribution is -0.142. The molecule has 2 saturated heterocycles. The lowest BCUT2D eigenvalue weighted by atomic mass is 10.1. The van der Waals surface area contributed by atoms with Gasteiger partial charge in [-0.3, -0.25) is 14.6 Å². The first-order chi connectivity index (χ1) is 27.6. The molecular formula is C42H56N6O9S2. The molecule has 2 fully saturated rings. The molecule has 2 aromatic carbocycles. The van der Waals surface area contributed by atoms with Crippen LogP contribution in [0, 0.1) is 13.8 Å². The molecule has 320 valence electrons. The number of aliphatic hydroxyl groups excluding tert-OH is 2. The zero-order chi connectivity index (χ0) is 43.7. The molecule has 4 atom stereocenters. The number of aromatic nitrogens is 2. The maximum Gasteiger partial charge on any atom is 0.411 e. The number of aryl methyl sites for hydroxylation is 2. The van der Waals surface area contributed by atoms with Crippen molar-refractivity contribution >= 4 is 46.7 Å². The number of carbonyl (C=O) groups is 4. The number of nitrogens with one attached hydrogen (secondary N) is 1. The summed E-state index contributed by atoms with van der Waals surface area (Å²) in [6.07, 6.45) is -2.56. The zero-order valence-corrected chi connectivity index (χ0v) is 36.4. The highest BCUT2D eigenvalue weighted by Gasteiger charge is 2.42. The summed E-state index contributed by atoms with van der Waals surface area (Å²) in [6, 6.07) is 14.5. The molecule has 17 heteroatoms. The molecule has 15 nitrogen and oxygen atoms in total. The number of nitrogens with two attached hydrogens (primary N) is 1. The van der Waals surface area contributed by atoms with Crippen LogP contribution in [0.5, 0.6) is 0 Å². The van der Waals surface area contributed by atoms with E-state index in [2.05, 4.69) is 39.6 Å². The van der Waals surface area contributed by atoms with Gasteiger partial charge in [0.15, 0.2) is 0 Å². The van der Waals surface area contributed by atoms with Crippen molar-refractivity contribution in [3.63, 3.8) is 0 Å². The van der Waals surface area contributed by atoms with Crippen LogP contribution in [0.2, 0.25) is 0 Å². The Morgan fingerprint density at radius 3 is 1.51 bits per heavy atom. The third kappa shape index (κ3) is 13.8. The summed E-state index contributed by atoms with van der Waals surface area (Å²) in [4.78, 5) is 60.8. The van der Waals surface area contributed by atoms with E-state index in [0.717, 1.165) is 37.9 Å². The second kappa shape index (κ2) is 20.4. The van der Waals surface area contributed by atoms with E-state index < -0.39 is 53.6 Å². The van der Waals surface area contributed by atoms with E-state index in [1.54, 1.807) is 64.2 Å². The van der Waals surface area contributed by atoms with Crippen molar-refractivity contribution in [1.82, 2.24) is 25.1 Å². The third-order valence-electron chi connectivity index (χ3n) is 9.03. The minimum absolute atomic E-state index is 0.00583. The van der Waals surface area contributed by atoms with Gasteiger partial charge in [0, 0.05) is 25.9 Å². The summed E-state index contributed by atoms with van der Waals surface area (Å²) < 4.78 is 10.4. The number of aliphatic hydroxyl groups is 2. The Balaban J connectivity index is 0.000000216. The average molecular weight is 853 g/mol. The first-order valence-corrected chi connectivity index (χ1v) is 21.0. The number of carboxylic acids is 1. The van der Waals surface area contributed by atoms with Crippen molar-refractivity contribution in [2.24, 2.45) is 5.73 Å². The minimum Gasteiger partial charge on any atom is -0.480 e. The van der Waals surface area contributed by atoms with Crippen molar-refractivity contribution in [3.05, 3.63) is 82.1 Å². The van der Waals surface area contributed by atoms with Gasteiger partial charge >= 0.3 is 18.2 Å². The fourth-order valence-corrected chi connectivity index (χ4v) is 7.81. The number of aliphatic carboxylic acids is 1. The minimum atomic E-state index is -1.12. The van der Waals surface area contributed by atoms with Gasteiger partial charge in [0.1, 0.15) is 23.3 Å². The molecule has 0 spiro atoms. The Kier molecular flexibility index (Phi) is 16.1. The van der Waals surface area contributed by atoms with Crippen LogP contribution in [0.1, 0.15) is 76.9 Å². The molecule has 4 aromatic rings. The van der Waals surface area contributed by atoms with Gasteiger partial charge in [0.05, 0.1) is 57.5 Å². The first kappa shape index (κ1) is 46.7. The van der Waals surface area contributed by atoms with Gasteiger partial charge in [-0.05, 0) is 77.6 Å². The molecule has 0 radical (unpaired) electrons. The second-order valence-electron chi connectivity index (χ2n) is 16.3. The van der Waals surface area contributed by atoms with Crippen LogP contribution in [0.25, 0.3) is 20.9 Å². The number of carbonyl (C=O) groups excluding carboxylic acids is 3. The predicted octanol–water partition coefficient (Wildman–Crippen LogP) is 6.12. The topological polar surface area (TPSA) is 218 Å². The number of carboxylic acid groups (broad SMARTS) is 1. The average Bonchev–Trinajstić information content (AvgIpc) is 3.97. The highest BCUT2D eigenvalue weighted by Crippen LogP contribution is 2.29. The number of benzene rings is 2. The number of amides is 3. The van der Waals surface area contributed by atoms with E-state index in [-0.39, 0.29) is 31.8 Å². The fraction of sp³-hybridized carbons (Fsp3) is 0.476. The van der Waals surface area contributed by atoms with Gasteiger partial charge in [-0.15, -0.1) is 22.7 Å². The Morgan fingerprint density at radius 2 is 1.14 bits per heavy atom. The quantitative estimate of drug-likeness (QED) is 0.142. The van der Waals surface area contributed by atoms with Gasteiger partial charge in [-0.2, -0.15) is 0 Å². The number of thiazole rings is 2. The SMILES string of the molecule is CC(C)(C)OC(=O)N1CC(O)CC1C(=O)O.Cc1ncsc1-c1ccc(CN)cc1.Cc1ncsc1-c1ccc(CNC(=O)C2CC(O)CN2C(=O)OC(C)(C)C)cc1. The van der Waals surface area contributed by atoms with Gasteiger partial charge in [0.2, 0.25) is 5.91 Å². The largest absolute Gasteiger partial charge is 0.480 e. The van der Waals surface area contributed by atoms with E-state index in [4.69, 9.17) is 20.3 Å². The van der Waals surface area contributed by atoms with Crippen molar-refractivity contribution in [3.8, 4) is 20.9 Å². The monoisotopic (exact) mass is 852 g/mol. The zero-order valence-electron chi connectivity index (χ0n) is 34.8. The van der Waals surface area contributed by atoms with Crippen LogP contribution >= 0.6 is 22.7 Å². The standard InChI is InChI=1S/C21H27N3O4S.C11H12N2S.C10H17NO5/c1-13-18(29-12-23-13)15-7-5-14(6-8-15)10-22-19(26)17-9-16(25)11-24(17)20(27)28-21(2,3)4;1-8-11(14-7-13-8)10-4-2-9(6-12)3-5-10;1-10(2,3)16-9(15)11-5-6(12)4-7(11)8(13)14/h5-8,12,16-17,25H,9-11H2,1-4H3,(H,22,26);2-5,7H,6,12H2,1H3;6-7,12H,4-5H2,1-3H3,(H,13,14). The van der Waals surface area contributed by atoms with E-state index >= 15 is 0 Å². The van der Waals surface area contributed by atoms with Crippen LogP contribution in [0.4, 0.5) is 9.59 Å². The molecule has 59 heavy (non-hydrogen) atoms. The summed E-state index contributed by atoms with van der Waals surface area (Å²) in [5.74, 6) is -1.42. The summed E-state index contributed by atoms with van der Waals surface area (Å²) in [7, 11) is 0. The lowest BCUT2D eigenvalue weighted by Gasteiger charge is -2.27. The van der Waals surface area contributed by atoms with E-state index in [9.17, 15) is 29.4 Å². The van der Waals surface area contributed by atoms with Crippen molar-refractivity contribution in [2.45, 2.75) is 117 Å². The molecule has 6 rings (SSSR count). The molecule has 2 aliphatic heterocycles. The lowest BCUT2D eigenvalue weighted by Crippen LogP contribution is -2.47. The number of nitrogens with zero attached hydrogens (tertiary/aromatic N) is 4. The van der Waals surface area contributed by atoms with E-state index in [0.29, 0.717) is 13.1 Å². The maximum absolute atomic E-state index is 12.7. The van der Waals surface area contributed by atoms with E-state index in [1.165, 1.54) is 15.3 Å². The van der Waals surface area contributed by atoms with Crippen molar-refractivity contribution < 1.29 is 44.0 Å². The highest BCUT2D eigenvalue weighted by atomic mass is 32.1. The molecule has 0 bridgehead atoms. The molecule has 4 unspecified atom stereocenters. The van der Waals surface area contributed by atoms with Crippen LogP contribution in [-0.2, 0) is 32.2 Å². The Bertz CT molecular complexity index is 2020. The predicted molar refractivity (Wildman–Crippen MR) is 227 cm³/mol. The molecule has 3 amide bonds. The van der Waals surface area contributed by atoms with Crippen LogP contribution in [0.15, 0.2) is 59.6 Å². The molecule has 2 aromatic heterocycles. The summed E-state index contributed by atoms with van der Waals surface area (Å²) >= 11 is 3.27. The number of hydrogen-bond donors (Lipinski definition) is 5. The maximum atomic E-state index is 12.7. The molecule has 2 aliphatic rings. The first-order valence-electron chi connectivity index (χ1n) is 19.2. The van der Waals surface area contributed by atoms with Gasteiger partial charge < -0.3 is 35.8 Å². The molecule has 6 N–H and O–H groups in total. The molecule has 4 heterocycles. The molecular weight excluding hydrogens is 797 g/mol. The summed E-state index contributed by atoms with van der Waals surface area (Å²) in [6.45, 7) is 15.5. The Hall–Kier alpha value is -4.94. The van der Waals surface area contributed by atoms with E-state index in [1.807, 2.05) is 49.1 Å². The van der Waals surface area contributed by atoms with Crippen molar-refractivity contribution in [1.29, 1.82) is 0 Å². The third-order valence-corrected chi connectivity index (χ3v) is 11.0. The van der Waals surface area contributed by atoms with Crippen LogP contribution in [-0.4, -0.2) is 108 Å². The van der Waals surface area contributed by atoms with Gasteiger partial charge in [-0.1, -0.05) is 48.5 Å². The van der Waals surface area contributed by atoms with Crippen molar-refractivity contribution in [2.75, 3.05) is 13.1 Å². The van der Waals surface area contributed by atoms with Crippen LogP contribution in [0.3, 0.4) is 0 Å². The van der Waals surface area contributed by atoms with Gasteiger partial charge in [-0.25, -0.2) is 24.4 Å². The van der Waals surface area contributed by atoms with Crippen LogP contribution < -0.4 is 11.1 Å². The smallest absolute Gasteiger partial charge is 0.411 e.